The van der Waals surface area contributed by atoms with Crippen LogP contribution in [0.5, 0.6) is 0 Å². The molecule has 0 aliphatic carbocycles. The first-order valence-electron chi connectivity index (χ1n) is 7.45. The molecule has 110 valence electrons. The van der Waals surface area contributed by atoms with Gasteiger partial charge in [0.1, 0.15) is 5.82 Å². The van der Waals surface area contributed by atoms with Crippen molar-refractivity contribution >= 4 is 0 Å². The summed E-state index contributed by atoms with van der Waals surface area (Å²) in [5.74, 6) is -0.169. The molecule has 1 aromatic carbocycles. The van der Waals surface area contributed by atoms with Gasteiger partial charge in [0.05, 0.1) is 5.60 Å². The van der Waals surface area contributed by atoms with E-state index in [1.807, 2.05) is 6.07 Å². The molecule has 0 bridgehead atoms. The van der Waals surface area contributed by atoms with Gasteiger partial charge in [-0.15, -0.1) is 0 Å². The first-order chi connectivity index (χ1) is 9.76. The second-order valence-electron chi connectivity index (χ2n) is 5.84. The maximum atomic E-state index is 13.2. The molecule has 2 fully saturated rings. The summed E-state index contributed by atoms with van der Waals surface area (Å²) < 4.78 is 24.6. The summed E-state index contributed by atoms with van der Waals surface area (Å²) in [7, 11) is 0. The van der Waals surface area contributed by atoms with Crippen molar-refractivity contribution in [1.29, 1.82) is 0 Å². The highest BCUT2D eigenvalue weighted by Crippen LogP contribution is 2.34. The third-order valence-corrected chi connectivity index (χ3v) is 4.38. The highest BCUT2D eigenvalue weighted by molar-refractivity contribution is 5.16. The quantitative estimate of drug-likeness (QED) is 0.922. The maximum absolute atomic E-state index is 13.2. The van der Waals surface area contributed by atoms with Crippen molar-refractivity contribution in [2.45, 2.75) is 43.9 Å². The molecule has 2 aliphatic heterocycles. The van der Waals surface area contributed by atoms with Crippen LogP contribution in [0.15, 0.2) is 24.3 Å². The molecule has 3 nitrogen and oxygen atoms in total. The van der Waals surface area contributed by atoms with E-state index in [4.69, 9.17) is 9.47 Å². The Morgan fingerprint density at radius 1 is 1.25 bits per heavy atom. The lowest BCUT2D eigenvalue weighted by Gasteiger charge is -2.43. The Balaban J connectivity index is 1.55. The van der Waals surface area contributed by atoms with Crippen LogP contribution in [0.1, 0.15) is 31.2 Å². The van der Waals surface area contributed by atoms with Crippen molar-refractivity contribution in [3.05, 3.63) is 35.6 Å². The third-order valence-electron chi connectivity index (χ3n) is 4.38. The molecule has 3 rings (SSSR count). The van der Waals surface area contributed by atoms with Crippen LogP contribution in [0.4, 0.5) is 4.39 Å². The molecule has 0 aromatic heterocycles. The highest BCUT2D eigenvalue weighted by atomic mass is 19.1. The Bertz CT molecular complexity index is 440. The topological polar surface area (TPSA) is 30.5 Å². The molecule has 1 atom stereocenters. The summed E-state index contributed by atoms with van der Waals surface area (Å²) in [6, 6.07) is 7.24. The summed E-state index contributed by atoms with van der Waals surface area (Å²) >= 11 is 0. The SMILES string of the molecule is Fc1cccc(CNC2CCOC3(CCOCC3)C2)c1. The number of nitrogens with one attached hydrogen (secondary N) is 1. The van der Waals surface area contributed by atoms with Crippen LogP contribution in [0.25, 0.3) is 0 Å². The number of benzene rings is 1. The zero-order valence-electron chi connectivity index (χ0n) is 11.7. The summed E-state index contributed by atoms with van der Waals surface area (Å²) in [6.07, 6.45) is 4.04. The lowest BCUT2D eigenvalue weighted by molar-refractivity contribution is -0.140. The van der Waals surface area contributed by atoms with Crippen molar-refractivity contribution in [3.63, 3.8) is 0 Å². The molecule has 1 unspecified atom stereocenters. The first-order valence-corrected chi connectivity index (χ1v) is 7.45. The van der Waals surface area contributed by atoms with Crippen LogP contribution < -0.4 is 5.32 Å². The molecule has 1 spiro atoms. The van der Waals surface area contributed by atoms with E-state index in [1.54, 1.807) is 12.1 Å². The standard InChI is InChI=1S/C16H22FNO2/c17-14-3-1-2-13(10-14)12-18-15-4-7-20-16(11-15)5-8-19-9-6-16/h1-3,10,15,18H,4-9,11-12H2. The fraction of sp³-hybridized carbons (Fsp3) is 0.625. The van der Waals surface area contributed by atoms with Crippen molar-refractivity contribution in [3.8, 4) is 0 Å². The number of hydrogen-bond donors (Lipinski definition) is 1. The van der Waals surface area contributed by atoms with E-state index < -0.39 is 0 Å². The molecule has 0 amide bonds. The lowest BCUT2D eigenvalue weighted by atomic mass is 9.84. The van der Waals surface area contributed by atoms with Crippen LogP contribution in [-0.2, 0) is 16.0 Å². The molecule has 1 N–H and O–H groups in total. The van der Waals surface area contributed by atoms with Crippen molar-refractivity contribution < 1.29 is 13.9 Å². The van der Waals surface area contributed by atoms with Crippen molar-refractivity contribution in [2.75, 3.05) is 19.8 Å². The van der Waals surface area contributed by atoms with Gasteiger partial charge in [-0.05, 0) is 43.4 Å². The van der Waals surface area contributed by atoms with E-state index in [1.165, 1.54) is 6.07 Å². The number of hydrogen-bond acceptors (Lipinski definition) is 3. The van der Waals surface area contributed by atoms with E-state index in [0.29, 0.717) is 6.04 Å². The fourth-order valence-corrected chi connectivity index (χ4v) is 3.20. The number of ether oxygens (including phenoxy) is 2. The normalized spacial score (nSPS) is 25.8. The van der Waals surface area contributed by atoms with Gasteiger partial charge in [0.2, 0.25) is 0 Å². The van der Waals surface area contributed by atoms with Gasteiger partial charge in [0.15, 0.2) is 0 Å². The van der Waals surface area contributed by atoms with Crippen LogP contribution >= 0.6 is 0 Å². The highest BCUT2D eigenvalue weighted by Gasteiger charge is 2.38. The lowest BCUT2D eigenvalue weighted by Crippen LogP contribution is -2.49. The van der Waals surface area contributed by atoms with E-state index in [9.17, 15) is 4.39 Å². The van der Waals surface area contributed by atoms with Gasteiger partial charge in [-0.1, -0.05) is 12.1 Å². The van der Waals surface area contributed by atoms with Crippen molar-refractivity contribution in [1.82, 2.24) is 5.32 Å². The van der Waals surface area contributed by atoms with Crippen LogP contribution in [-0.4, -0.2) is 31.5 Å². The minimum absolute atomic E-state index is 0.0100. The Hall–Kier alpha value is -0.970. The average Bonchev–Trinajstić information content (AvgIpc) is 2.46. The molecule has 20 heavy (non-hydrogen) atoms. The molecule has 2 saturated heterocycles. The monoisotopic (exact) mass is 279 g/mol. The molecule has 4 heteroatoms. The predicted molar refractivity (Wildman–Crippen MR) is 75.0 cm³/mol. The molecule has 1 aromatic rings. The second-order valence-corrected chi connectivity index (χ2v) is 5.84. The second kappa shape index (κ2) is 6.20. The van der Waals surface area contributed by atoms with E-state index in [2.05, 4.69) is 5.32 Å². The Labute approximate surface area is 119 Å². The van der Waals surface area contributed by atoms with Gasteiger partial charge in [-0.25, -0.2) is 4.39 Å². The van der Waals surface area contributed by atoms with Gasteiger partial charge in [-0.2, -0.15) is 0 Å². The minimum atomic E-state index is -0.169. The Morgan fingerprint density at radius 3 is 2.90 bits per heavy atom. The van der Waals surface area contributed by atoms with E-state index in [0.717, 1.165) is 57.6 Å². The third kappa shape index (κ3) is 3.37. The van der Waals surface area contributed by atoms with Crippen LogP contribution in [0, 0.1) is 5.82 Å². The molecule has 2 aliphatic rings. The predicted octanol–water partition coefficient (Wildman–Crippen LogP) is 2.64. The summed E-state index contributed by atoms with van der Waals surface area (Å²) in [4.78, 5) is 0. The number of rotatable bonds is 3. The largest absolute Gasteiger partial charge is 0.381 e. The van der Waals surface area contributed by atoms with Crippen LogP contribution in [0.3, 0.4) is 0 Å². The smallest absolute Gasteiger partial charge is 0.123 e. The maximum Gasteiger partial charge on any atom is 0.123 e. The van der Waals surface area contributed by atoms with Gasteiger partial charge in [-0.3, -0.25) is 0 Å². The molecule has 0 radical (unpaired) electrons. The van der Waals surface area contributed by atoms with E-state index >= 15 is 0 Å². The van der Waals surface area contributed by atoms with Gasteiger partial charge >= 0.3 is 0 Å². The molecule has 2 heterocycles. The number of halogens is 1. The van der Waals surface area contributed by atoms with Gasteiger partial charge < -0.3 is 14.8 Å². The molecular formula is C16H22FNO2. The Morgan fingerprint density at radius 2 is 2.10 bits per heavy atom. The summed E-state index contributed by atoms with van der Waals surface area (Å²) in [6.45, 7) is 3.13. The zero-order chi connectivity index (χ0) is 13.8. The minimum Gasteiger partial charge on any atom is -0.381 e. The summed E-state index contributed by atoms with van der Waals surface area (Å²) in [5, 5.41) is 3.55. The van der Waals surface area contributed by atoms with Crippen molar-refractivity contribution in [2.24, 2.45) is 0 Å². The average molecular weight is 279 g/mol. The van der Waals surface area contributed by atoms with Crippen LogP contribution in [0.2, 0.25) is 0 Å². The molecule has 0 saturated carbocycles. The zero-order valence-corrected chi connectivity index (χ0v) is 11.7. The molecular weight excluding hydrogens is 257 g/mol. The van der Waals surface area contributed by atoms with Gasteiger partial charge in [0, 0.05) is 32.4 Å². The Kier molecular flexibility index (Phi) is 4.34. The summed E-state index contributed by atoms with van der Waals surface area (Å²) in [5.41, 5.74) is 1.01. The van der Waals surface area contributed by atoms with E-state index in [-0.39, 0.29) is 11.4 Å². The fourth-order valence-electron chi connectivity index (χ4n) is 3.20. The first kappa shape index (κ1) is 14.0. The van der Waals surface area contributed by atoms with Gasteiger partial charge in [0.25, 0.3) is 0 Å².